The number of hydrogen-bond acceptors (Lipinski definition) is 4. The number of carbonyl (C=O) groups excluding carboxylic acids is 3. The normalized spacial score (nSPS) is 10.2. The molecule has 122 valence electrons. The molecule has 0 aromatic rings. The van der Waals surface area contributed by atoms with Crippen LogP contribution in [0.25, 0.3) is 0 Å². The van der Waals surface area contributed by atoms with Crippen molar-refractivity contribution in [1.29, 1.82) is 0 Å². The molecule has 4 nitrogen and oxygen atoms in total. The van der Waals surface area contributed by atoms with Crippen molar-refractivity contribution in [3.8, 4) is 0 Å². The SMILES string of the molecule is C=CC(=O)C=CC.CC=CC(=O)CC(=O)C=CC.CC=CO. The minimum Gasteiger partial charge on any atom is -0.516 e. The van der Waals surface area contributed by atoms with Gasteiger partial charge in [-0.3, -0.25) is 14.4 Å². The Hall–Kier alpha value is -2.49. The molecule has 0 rings (SSSR count). The number of aliphatic hydroxyl groups is 1. The average Bonchev–Trinajstić information content (AvgIpc) is 2.48. The van der Waals surface area contributed by atoms with E-state index in [0.29, 0.717) is 0 Å². The summed E-state index contributed by atoms with van der Waals surface area (Å²) in [6.07, 6.45) is 13.0. The van der Waals surface area contributed by atoms with E-state index in [2.05, 4.69) is 6.58 Å². The van der Waals surface area contributed by atoms with Gasteiger partial charge >= 0.3 is 0 Å². The van der Waals surface area contributed by atoms with Crippen LogP contribution in [-0.2, 0) is 14.4 Å². The molecular formula is C18H26O4. The standard InChI is InChI=1S/C9H12O2.C6H8O.C3H6O/c1-3-5-8(10)7-9(11)6-4-2;1-3-5-6(7)4-2;1-2-3-4/h3-6H,7H2,1-2H3;3-5H,2H2,1H3;2-4H,1H3. The molecule has 0 bridgehead atoms. The number of ketones is 3. The van der Waals surface area contributed by atoms with E-state index < -0.39 is 0 Å². The first-order valence-electron chi connectivity index (χ1n) is 6.78. The maximum atomic E-state index is 10.8. The van der Waals surface area contributed by atoms with Crippen LogP contribution >= 0.6 is 0 Å². The van der Waals surface area contributed by atoms with Crippen LogP contribution in [0.3, 0.4) is 0 Å². The first-order valence-corrected chi connectivity index (χ1v) is 6.78. The van der Waals surface area contributed by atoms with Gasteiger partial charge < -0.3 is 5.11 Å². The van der Waals surface area contributed by atoms with Crippen molar-refractivity contribution in [2.24, 2.45) is 0 Å². The fourth-order valence-corrected chi connectivity index (χ4v) is 0.894. The van der Waals surface area contributed by atoms with Crippen molar-refractivity contribution in [2.45, 2.75) is 34.1 Å². The van der Waals surface area contributed by atoms with Crippen LogP contribution in [0.4, 0.5) is 0 Å². The summed E-state index contributed by atoms with van der Waals surface area (Å²) < 4.78 is 0. The van der Waals surface area contributed by atoms with E-state index in [0.717, 1.165) is 6.26 Å². The minimum atomic E-state index is -0.143. The Morgan fingerprint density at radius 3 is 1.36 bits per heavy atom. The maximum Gasteiger partial charge on any atom is 0.177 e. The Kier molecular flexibility index (Phi) is 23.2. The van der Waals surface area contributed by atoms with E-state index in [1.807, 2.05) is 0 Å². The van der Waals surface area contributed by atoms with Gasteiger partial charge in [-0.25, -0.2) is 0 Å². The zero-order valence-electron chi connectivity index (χ0n) is 13.8. The molecule has 22 heavy (non-hydrogen) atoms. The van der Waals surface area contributed by atoms with Crippen LogP contribution in [-0.4, -0.2) is 22.5 Å². The second-order valence-electron chi connectivity index (χ2n) is 3.70. The van der Waals surface area contributed by atoms with Gasteiger partial charge in [0.1, 0.15) is 0 Å². The third-order valence-corrected chi connectivity index (χ3v) is 1.73. The Morgan fingerprint density at radius 1 is 0.818 bits per heavy atom. The second-order valence-corrected chi connectivity index (χ2v) is 3.70. The Labute approximate surface area is 133 Å². The summed E-state index contributed by atoms with van der Waals surface area (Å²) in [5, 5.41) is 7.69. The molecule has 0 saturated carbocycles. The van der Waals surface area contributed by atoms with E-state index in [4.69, 9.17) is 5.11 Å². The van der Waals surface area contributed by atoms with Gasteiger partial charge in [-0.15, -0.1) is 0 Å². The van der Waals surface area contributed by atoms with Crippen LogP contribution in [0.1, 0.15) is 34.1 Å². The number of hydrogen-bond donors (Lipinski definition) is 1. The van der Waals surface area contributed by atoms with Crippen LogP contribution in [0.5, 0.6) is 0 Å². The van der Waals surface area contributed by atoms with E-state index >= 15 is 0 Å². The molecule has 0 amide bonds. The van der Waals surface area contributed by atoms with Gasteiger partial charge in [-0.1, -0.05) is 30.9 Å². The fourth-order valence-electron chi connectivity index (χ4n) is 0.894. The van der Waals surface area contributed by atoms with Gasteiger partial charge in [0.05, 0.1) is 12.7 Å². The van der Waals surface area contributed by atoms with E-state index in [9.17, 15) is 14.4 Å². The quantitative estimate of drug-likeness (QED) is 0.456. The van der Waals surface area contributed by atoms with Crippen molar-refractivity contribution >= 4 is 17.3 Å². The van der Waals surface area contributed by atoms with Crippen molar-refractivity contribution in [3.63, 3.8) is 0 Å². The minimum absolute atomic E-state index is 0.0192. The van der Waals surface area contributed by atoms with Crippen molar-refractivity contribution in [2.75, 3.05) is 0 Å². The summed E-state index contributed by atoms with van der Waals surface area (Å²) in [7, 11) is 0. The molecule has 0 heterocycles. The first-order chi connectivity index (χ1) is 10.4. The van der Waals surface area contributed by atoms with Gasteiger partial charge in [-0.2, -0.15) is 0 Å². The second kappa shape index (κ2) is 20.8. The molecule has 0 aliphatic carbocycles. The number of rotatable bonds is 6. The van der Waals surface area contributed by atoms with Gasteiger partial charge in [0.25, 0.3) is 0 Å². The molecule has 1 N–H and O–H groups in total. The summed E-state index contributed by atoms with van der Waals surface area (Å²) in [6.45, 7) is 10.3. The largest absolute Gasteiger partial charge is 0.516 e. The monoisotopic (exact) mass is 306 g/mol. The lowest BCUT2D eigenvalue weighted by molar-refractivity contribution is -0.122. The lowest BCUT2D eigenvalue weighted by atomic mass is 10.2. The zero-order valence-corrected chi connectivity index (χ0v) is 13.8. The van der Waals surface area contributed by atoms with Gasteiger partial charge in [0.15, 0.2) is 17.3 Å². The molecule has 0 unspecified atom stereocenters. The molecule has 4 heteroatoms. The lowest BCUT2D eigenvalue weighted by Crippen LogP contribution is -2.01. The van der Waals surface area contributed by atoms with Crippen LogP contribution in [0.2, 0.25) is 0 Å². The first kappa shape index (κ1) is 24.5. The molecule has 0 aliphatic rings. The Morgan fingerprint density at radius 2 is 1.18 bits per heavy atom. The van der Waals surface area contributed by atoms with E-state index in [-0.39, 0.29) is 23.8 Å². The molecule has 0 radical (unpaired) electrons. The highest BCUT2D eigenvalue weighted by atomic mass is 16.2. The van der Waals surface area contributed by atoms with Crippen LogP contribution in [0.15, 0.2) is 61.4 Å². The molecule has 0 saturated heterocycles. The van der Waals surface area contributed by atoms with Gasteiger partial charge in [0.2, 0.25) is 0 Å². The molecule has 0 aromatic heterocycles. The van der Waals surface area contributed by atoms with Gasteiger partial charge in [-0.05, 0) is 52.0 Å². The Balaban J connectivity index is -0.000000280. The predicted molar refractivity (Wildman–Crippen MR) is 91.7 cm³/mol. The lowest BCUT2D eigenvalue weighted by Gasteiger charge is -1.87. The number of aliphatic hydroxyl groups excluding tert-OH is 1. The fraction of sp³-hybridized carbons (Fsp3) is 0.278. The van der Waals surface area contributed by atoms with Gasteiger partial charge in [0, 0.05) is 0 Å². The predicted octanol–water partition coefficient (Wildman–Crippen LogP) is 4.06. The highest BCUT2D eigenvalue weighted by Gasteiger charge is 2.01. The molecular weight excluding hydrogens is 280 g/mol. The summed E-state index contributed by atoms with van der Waals surface area (Å²) in [5.41, 5.74) is 0. The molecule has 0 spiro atoms. The van der Waals surface area contributed by atoms with Crippen molar-refractivity contribution in [3.05, 3.63) is 61.4 Å². The summed E-state index contributed by atoms with van der Waals surface area (Å²) in [6, 6.07) is 0. The van der Waals surface area contributed by atoms with Crippen LogP contribution < -0.4 is 0 Å². The average molecular weight is 306 g/mol. The molecule has 0 aromatic carbocycles. The van der Waals surface area contributed by atoms with Crippen LogP contribution in [0, 0.1) is 0 Å². The third-order valence-electron chi connectivity index (χ3n) is 1.73. The summed E-state index contributed by atoms with van der Waals surface area (Å²) in [4.78, 5) is 31.8. The molecule has 0 atom stereocenters. The molecule has 0 fully saturated rings. The number of allylic oxidation sites excluding steroid dienone is 8. The van der Waals surface area contributed by atoms with E-state index in [1.165, 1.54) is 24.3 Å². The molecule has 0 aliphatic heterocycles. The summed E-state index contributed by atoms with van der Waals surface area (Å²) >= 11 is 0. The summed E-state index contributed by atoms with van der Waals surface area (Å²) in [5.74, 6) is -0.325. The van der Waals surface area contributed by atoms with Crippen molar-refractivity contribution in [1.82, 2.24) is 0 Å². The highest BCUT2D eigenvalue weighted by Crippen LogP contribution is 1.89. The zero-order chi connectivity index (χ0) is 17.8. The highest BCUT2D eigenvalue weighted by molar-refractivity contribution is 6.08. The topological polar surface area (TPSA) is 71.4 Å². The maximum absolute atomic E-state index is 10.8. The van der Waals surface area contributed by atoms with Crippen molar-refractivity contribution < 1.29 is 19.5 Å². The van der Waals surface area contributed by atoms with E-state index in [1.54, 1.807) is 52.0 Å². The number of carbonyl (C=O) groups is 3. The third kappa shape index (κ3) is 26.1. The Bertz CT molecular complexity index is 412. The smallest absolute Gasteiger partial charge is 0.177 e.